The summed E-state index contributed by atoms with van der Waals surface area (Å²) in [7, 11) is 0. The van der Waals surface area contributed by atoms with Crippen molar-refractivity contribution in [3.63, 3.8) is 0 Å². The molecule has 2 N–H and O–H groups in total. The number of carbonyl (C=O) groups is 1. The van der Waals surface area contributed by atoms with Gasteiger partial charge >= 0.3 is 6.18 Å². The van der Waals surface area contributed by atoms with Crippen LogP contribution in [0.1, 0.15) is 22.3 Å². The second-order valence-corrected chi connectivity index (χ2v) is 3.98. The van der Waals surface area contributed by atoms with Gasteiger partial charge in [0.15, 0.2) is 5.78 Å². The predicted molar refractivity (Wildman–Crippen MR) is 57.1 cm³/mol. The van der Waals surface area contributed by atoms with Crippen LogP contribution in [0.2, 0.25) is 0 Å². The van der Waals surface area contributed by atoms with Crippen LogP contribution >= 0.6 is 15.9 Å². The SMILES string of the molecule is NCCC(=O)c1c(Br)cccc1C(F)(F)F. The Bertz CT molecular complexity index is 404. The fourth-order valence-corrected chi connectivity index (χ4v) is 1.89. The van der Waals surface area contributed by atoms with Gasteiger partial charge in [-0.1, -0.05) is 22.0 Å². The Morgan fingerprint density at radius 1 is 1.38 bits per heavy atom. The molecule has 0 saturated carbocycles. The van der Waals surface area contributed by atoms with Gasteiger partial charge in [-0.15, -0.1) is 0 Å². The molecule has 0 unspecified atom stereocenters. The highest BCUT2D eigenvalue weighted by Crippen LogP contribution is 2.35. The average Bonchev–Trinajstić information content (AvgIpc) is 2.16. The number of rotatable bonds is 3. The largest absolute Gasteiger partial charge is 0.417 e. The van der Waals surface area contributed by atoms with E-state index in [-0.39, 0.29) is 23.0 Å². The van der Waals surface area contributed by atoms with Crippen LogP contribution < -0.4 is 5.73 Å². The lowest BCUT2D eigenvalue weighted by Gasteiger charge is -2.13. The molecule has 88 valence electrons. The number of alkyl halides is 3. The summed E-state index contributed by atoms with van der Waals surface area (Å²) in [5.41, 5.74) is 3.88. The summed E-state index contributed by atoms with van der Waals surface area (Å²) in [6.07, 6.45) is -4.64. The number of ketones is 1. The Hall–Kier alpha value is -0.880. The molecule has 0 aliphatic carbocycles. The molecule has 0 bridgehead atoms. The second kappa shape index (κ2) is 4.97. The Kier molecular flexibility index (Phi) is 4.09. The fourth-order valence-electron chi connectivity index (χ4n) is 1.30. The van der Waals surface area contributed by atoms with Crippen LogP contribution in [-0.4, -0.2) is 12.3 Å². The van der Waals surface area contributed by atoms with E-state index in [1.54, 1.807) is 0 Å². The van der Waals surface area contributed by atoms with Crippen molar-refractivity contribution in [2.24, 2.45) is 5.73 Å². The van der Waals surface area contributed by atoms with Crippen molar-refractivity contribution in [1.29, 1.82) is 0 Å². The minimum atomic E-state index is -4.54. The van der Waals surface area contributed by atoms with Crippen LogP contribution in [0.3, 0.4) is 0 Å². The first kappa shape index (κ1) is 13.2. The van der Waals surface area contributed by atoms with Gasteiger partial charge in [0.05, 0.1) is 5.56 Å². The summed E-state index contributed by atoms with van der Waals surface area (Å²) in [5, 5.41) is 0. The molecule has 0 heterocycles. The molecule has 0 spiro atoms. The number of halogens is 4. The molecule has 1 aromatic carbocycles. The van der Waals surface area contributed by atoms with Crippen molar-refractivity contribution in [3.8, 4) is 0 Å². The van der Waals surface area contributed by atoms with Crippen LogP contribution in [-0.2, 0) is 6.18 Å². The molecular formula is C10H9BrF3NO. The highest BCUT2D eigenvalue weighted by Gasteiger charge is 2.35. The van der Waals surface area contributed by atoms with Gasteiger partial charge in [0.25, 0.3) is 0 Å². The lowest BCUT2D eigenvalue weighted by molar-refractivity contribution is -0.138. The van der Waals surface area contributed by atoms with E-state index < -0.39 is 17.5 Å². The van der Waals surface area contributed by atoms with Crippen molar-refractivity contribution in [2.75, 3.05) is 6.54 Å². The van der Waals surface area contributed by atoms with E-state index in [0.29, 0.717) is 0 Å². The zero-order chi connectivity index (χ0) is 12.3. The number of hydrogen-bond acceptors (Lipinski definition) is 2. The first-order valence-corrected chi connectivity index (χ1v) is 5.26. The Morgan fingerprint density at radius 3 is 2.50 bits per heavy atom. The Balaban J connectivity index is 3.30. The molecule has 0 aliphatic rings. The van der Waals surface area contributed by atoms with Crippen LogP contribution in [0.15, 0.2) is 22.7 Å². The molecule has 0 fully saturated rings. The Labute approximate surface area is 98.8 Å². The van der Waals surface area contributed by atoms with Gasteiger partial charge < -0.3 is 5.73 Å². The first-order chi connectivity index (χ1) is 7.38. The lowest BCUT2D eigenvalue weighted by Crippen LogP contribution is -2.16. The van der Waals surface area contributed by atoms with E-state index >= 15 is 0 Å². The van der Waals surface area contributed by atoms with Crippen molar-refractivity contribution in [3.05, 3.63) is 33.8 Å². The maximum absolute atomic E-state index is 12.6. The van der Waals surface area contributed by atoms with Gasteiger partial charge in [0, 0.05) is 16.5 Å². The smallest absolute Gasteiger partial charge is 0.330 e. The molecule has 0 aliphatic heterocycles. The highest BCUT2D eigenvalue weighted by atomic mass is 79.9. The summed E-state index contributed by atoms with van der Waals surface area (Å²) in [5.74, 6) is -0.609. The fraction of sp³-hybridized carbons (Fsp3) is 0.300. The maximum Gasteiger partial charge on any atom is 0.417 e. The molecule has 0 atom stereocenters. The van der Waals surface area contributed by atoms with Gasteiger partial charge in [-0.3, -0.25) is 4.79 Å². The average molecular weight is 296 g/mol. The quantitative estimate of drug-likeness (QED) is 0.871. The summed E-state index contributed by atoms with van der Waals surface area (Å²) in [4.78, 5) is 11.5. The molecule has 2 nitrogen and oxygen atoms in total. The first-order valence-electron chi connectivity index (χ1n) is 4.47. The maximum atomic E-state index is 12.6. The molecule has 0 saturated heterocycles. The third-order valence-corrected chi connectivity index (χ3v) is 2.63. The summed E-state index contributed by atoms with van der Waals surface area (Å²) in [6.45, 7) is 0.0253. The third-order valence-electron chi connectivity index (χ3n) is 1.97. The van der Waals surface area contributed by atoms with E-state index in [2.05, 4.69) is 15.9 Å². The van der Waals surface area contributed by atoms with E-state index in [4.69, 9.17) is 5.73 Å². The van der Waals surface area contributed by atoms with E-state index in [1.807, 2.05) is 0 Å². The Morgan fingerprint density at radius 2 is 2.00 bits per heavy atom. The zero-order valence-electron chi connectivity index (χ0n) is 8.14. The summed E-state index contributed by atoms with van der Waals surface area (Å²) >= 11 is 2.95. The monoisotopic (exact) mass is 295 g/mol. The van der Waals surface area contributed by atoms with Gasteiger partial charge in [0.2, 0.25) is 0 Å². The van der Waals surface area contributed by atoms with Crippen molar-refractivity contribution in [2.45, 2.75) is 12.6 Å². The lowest BCUT2D eigenvalue weighted by atomic mass is 10.0. The van der Waals surface area contributed by atoms with Crippen LogP contribution in [0.25, 0.3) is 0 Å². The van der Waals surface area contributed by atoms with Crippen molar-refractivity contribution >= 4 is 21.7 Å². The third kappa shape index (κ3) is 2.82. The molecule has 1 aromatic rings. The normalized spacial score (nSPS) is 11.6. The molecule has 16 heavy (non-hydrogen) atoms. The van der Waals surface area contributed by atoms with Crippen molar-refractivity contribution in [1.82, 2.24) is 0 Å². The minimum absolute atomic E-state index is 0.0253. The van der Waals surface area contributed by atoms with Crippen molar-refractivity contribution < 1.29 is 18.0 Å². The topological polar surface area (TPSA) is 43.1 Å². The number of Topliss-reactive ketones (excluding diaryl/α,β-unsaturated/α-hetero) is 1. The standard InChI is InChI=1S/C10H9BrF3NO/c11-7-3-1-2-6(10(12,13)14)9(7)8(16)4-5-15/h1-3H,4-5,15H2. The van der Waals surface area contributed by atoms with Gasteiger partial charge in [-0.2, -0.15) is 13.2 Å². The number of carbonyl (C=O) groups excluding carboxylic acids is 1. The van der Waals surface area contributed by atoms with Gasteiger partial charge in [-0.05, 0) is 18.7 Å². The van der Waals surface area contributed by atoms with E-state index in [0.717, 1.165) is 6.07 Å². The van der Waals surface area contributed by atoms with Gasteiger partial charge in [-0.25, -0.2) is 0 Å². The molecule has 1 rings (SSSR count). The predicted octanol–water partition coefficient (Wildman–Crippen LogP) is 3.00. The molecule has 0 radical (unpaired) electrons. The molecule has 0 amide bonds. The summed E-state index contributed by atoms with van der Waals surface area (Å²) < 4.78 is 38.0. The summed E-state index contributed by atoms with van der Waals surface area (Å²) in [6, 6.07) is 3.53. The van der Waals surface area contributed by atoms with Gasteiger partial charge in [0.1, 0.15) is 0 Å². The molecular weight excluding hydrogens is 287 g/mol. The highest BCUT2D eigenvalue weighted by molar-refractivity contribution is 9.10. The number of benzene rings is 1. The number of nitrogens with two attached hydrogens (primary N) is 1. The molecule has 6 heteroatoms. The zero-order valence-corrected chi connectivity index (χ0v) is 9.73. The second-order valence-electron chi connectivity index (χ2n) is 3.12. The van der Waals surface area contributed by atoms with Crippen LogP contribution in [0.4, 0.5) is 13.2 Å². The van der Waals surface area contributed by atoms with Crippen LogP contribution in [0.5, 0.6) is 0 Å². The van der Waals surface area contributed by atoms with E-state index in [1.165, 1.54) is 12.1 Å². The molecule has 0 aromatic heterocycles. The number of hydrogen-bond donors (Lipinski definition) is 1. The van der Waals surface area contributed by atoms with E-state index in [9.17, 15) is 18.0 Å². The minimum Gasteiger partial charge on any atom is -0.330 e. The van der Waals surface area contributed by atoms with Crippen LogP contribution in [0, 0.1) is 0 Å².